The summed E-state index contributed by atoms with van der Waals surface area (Å²) in [6.07, 6.45) is 0.908. The van der Waals surface area contributed by atoms with E-state index in [4.69, 9.17) is 23.2 Å². The Balaban J connectivity index is 2.17. The average Bonchev–Trinajstić information content (AvgIpc) is 2.86. The highest BCUT2D eigenvalue weighted by Gasteiger charge is 2.23. The first-order valence-electron chi connectivity index (χ1n) is 5.75. The van der Waals surface area contributed by atoms with Crippen molar-refractivity contribution in [3.8, 4) is 0 Å². The van der Waals surface area contributed by atoms with Crippen molar-refractivity contribution < 1.29 is 12.8 Å². The van der Waals surface area contributed by atoms with Crippen LogP contribution in [0.2, 0.25) is 10.0 Å². The van der Waals surface area contributed by atoms with Gasteiger partial charge in [-0.25, -0.2) is 17.5 Å². The Hall–Kier alpha value is -0.400. The SMILES string of the molecule is O=S(=O)(NCC1CCNC1)c1ccc(Cl)c(F)c1Cl. The van der Waals surface area contributed by atoms with E-state index in [0.717, 1.165) is 19.5 Å². The van der Waals surface area contributed by atoms with Crippen LogP contribution in [0, 0.1) is 11.7 Å². The molecule has 0 aromatic heterocycles. The van der Waals surface area contributed by atoms with E-state index >= 15 is 0 Å². The van der Waals surface area contributed by atoms with E-state index in [0.29, 0.717) is 6.54 Å². The van der Waals surface area contributed by atoms with Crippen LogP contribution in [0.5, 0.6) is 0 Å². The van der Waals surface area contributed by atoms with Gasteiger partial charge in [0, 0.05) is 6.54 Å². The van der Waals surface area contributed by atoms with Crippen LogP contribution in [0.15, 0.2) is 17.0 Å². The van der Waals surface area contributed by atoms with E-state index in [1.807, 2.05) is 0 Å². The number of rotatable bonds is 4. The van der Waals surface area contributed by atoms with Gasteiger partial charge in [0.05, 0.1) is 10.0 Å². The fourth-order valence-corrected chi connectivity index (χ4v) is 3.77. The molecule has 2 N–H and O–H groups in total. The predicted octanol–water partition coefficient (Wildman–Crippen LogP) is 2.02. The maximum Gasteiger partial charge on any atom is 0.242 e. The molecule has 1 unspecified atom stereocenters. The van der Waals surface area contributed by atoms with Gasteiger partial charge in [-0.05, 0) is 37.6 Å². The molecule has 0 spiro atoms. The third-order valence-corrected chi connectivity index (χ3v) is 5.25. The van der Waals surface area contributed by atoms with Gasteiger partial charge >= 0.3 is 0 Å². The van der Waals surface area contributed by atoms with Crippen LogP contribution in [0.4, 0.5) is 4.39 Å². The zero-order valence-electron chi connectivity index (χ0n) is 9.92. The lowest BCUT2D eigenvalue weighted by molar-refractivity contribution is 0.537. The van der Waals surface area contributed by atoms with Crippen LogP contribution < -0.4 is 10.0 Å². The van der Waals surface area contributed by atoms with E-state index in [9.17, 15) is 12.8 Å². The lowest BCUT2D eigenvalue weighted by Gasteiger charge is -2.12. The number of hydrogen-bond acceptors (Lipinski definition) is 3. The Morgan fingerprint density at radius 1 is 1.42 bits per heavy atom. The van der Waals surface area contributed by atoms with Gasteiger partial charge in [-0.2, -0.15) is 0 Å². The maximum absolute atomic E-state index is 13.5. The van der Waals surface area contributed by atoms with E-state index in [2.05, 4.69) is 10.0 Å². The first kappa shape index (κ1) is 15.0. The van der Waals surface area contributed by atoms with E-state index in [-0.39, 0.29) is 15.8 Å². The minimum absolute atomic E-state index is 0.205. The summed E-state index contributed by atoms with van der Waals surface area (Å²) in [5.41, 5.74) is 0. The molecule has 0 saturated carbocycles. The second-order valence-electron chi connectivity index (χ2n) is 4.38. The molecule has 4 nitrogen and oxygen atoms in total. The molecule has 0 aliphatic carbocycles. The van der Waals surface area contributed by atoms with Crippen LogP contribution in [-0.2, 0) is 10.0 Å². The van der Waals surface area contributed by atoms with Gasteiger partial charge < -0.3 is 5.32 Å². The van der Waals surface area contributed by atoms with Crippen molar-refractivity contribution in [3.05, 3.63) is 28.0 Å². The minimum Gasteiger partial charge on any atom is -0.316 e. The lowest BCUT2D eigenvalue weighted by atomic mass is 10.1. The molecule has 0 bridgehead atoms. The Bertz CT molecular complexity index is 574. The molecule has 1 atom stereocenters. The number of sulfonamides is 1. The molecule has 8 heteroatoms. The Morgan fingerprint density at radius 2 is 2.16 bits per heavy atom. The maximum atomic E-state index is 13.5. The quantitative estimate of drug-likeness (QED) is 0.832. The highest BCUT2D eigenvalue weighted by atomic mass is 35.5. The molecular weight excluding hydrogens is 314 g/mol. The molecule has 1 heterocycles. The summed E-state index contributed by atoms with van der Waals surface area (Å²) in [6, 6.07) is 2.37. The fourth-order valence-electron chi connectivity index (χ4n) is 1.91. The van der Waals surface area contributed by atoms with Crippen molar-refractivity contribution in [3.63, 3.8) is 0 Å². The Kier molecular flexibility index (Phi) is 4.68. The van der Waals surface area contributed by atoms with Gasteiger partial charge in [-0.1, -0.05) is 23.2 Å². The van der Waals surface area contributed by atoms with Crippen molar-refractivity contribution in [2.75, 3.05) is 19.6 Å². The third-order valence-electron chi connectivity index (χ3n) is 3.01. The molecule has 2 rings (SSSR count). The summed E-state index contributed by atoms with van der Waals surface area (Å²) in [4.78, 5) is -0.290. The molecular formula is C11H13Cl2FN2O2S. The monoisotopic (exact) mass is 326 g/mol. The highest BCUT2D eigenvalue weighted by Crippen LogP contribution is 2.29. The zero-order chi connectivity index (χ0) is 14.0. The van der Waals surface area contributed by atoms with Gasteiger partial charge in [0.2, 0.25) is 10.0 Å². The zero-order valence-corrected chi connectivity index (χ0v) is 12.2. The standard InChI is InChI=1S/C11H13Cl2FN2O2S/c12-8-1-2-9(10(13)11(8)14)19(17,18)16-6-7-3-4-15-5-7/h1-2,7,15-16H,3-6H2. The second kappa shape index (κ2) is 5.93. The fraction of sp³-hybridized carbons (Fsp3) is 0.455. The van der Waals surface area contributed by atoms with Gasteiger partial charge in [-0.3, -0.25) is 0 Å². The van der Waals surface area contributed by atoms with Crippen molar-refractivity contribution in [2.24, 2.45) is 5.92 Å². The number of benzene rings is 1. The average molecular weight is 327 g/mol. The van der Waals surface area contributed by atoms with E-state index in [1.165, 1.54) is 12.1 Å². The largest absolute Gasteiger partial charge is 0.316 e. The Labute approximate surface area is 121 Å². The summed E-state index contributed by atoms with van der Waals surface area (Å²) in [6.45, 7) is 1.95. The first-order chi connectivity index (χ1) is 8.92. The molecule has 1 saturated heterocycles. The third kappa shape index (κ3) is 3.38. The van der Waals surface area contributed by atoms with E-state index < -0.39 is 20.9 Å². The molecule has 1 fully saturated rings. The molecule has 1 aliphatic rings. The number of halogens is 3. The highest BCUT2D eigenvalue weighted by molar-refractivity contribution is 7.89. The van der Waals surface area contributed by atoms with Gasteiger partial charge in [0.1, 0.15) is 4.90 Å². The summed E-state index contributed by atoms with van der Waals surface area (Å²) < 4.78 is 40.0. The smallest absolute Gasteiger partial charge is 0.242 e. The summed E-state index contributed by atoms with van der Waals surface area (Å²) >= 11 is 11.2. The van der Waals surface area contributed by atoms with E-state index in [1.54, 1.807) is 0 Å². The van der Waals surface area contributed by atoms with Gasteiger partial charge in [0.25, 0.3) is 0 Å². The topological polar surface area (TPSA) is 58.2 Å². The summed E-state index contributed by atoms with van der Waals surface area (Å²) in [7, 11) is -3.83. The van der Waals surface area contributed by atoms with Crippen LogP contribution >= 0.6 is 23.2 Å². The van der Waals surface area contributed by atoms with Crippen LogP contribution in [0.1, 0.15) is 6.42 Å². The number of nitrogens with one attached hydrogen (secondary N) is 2. The van der Waals surface area contributed by atoms with Crippen LogP contribution in [0.3, 0.4) is 0 Å². The van der Waals surface area contributed by atoms with Gasteiger partial charge in [-0.15, -0.1) is 0 Å². The molecule has 0 radical (unpaired) electrons. The lowest BCUT2D eigenvalue weighted by Crippen LogP contribution is -2.30. The molecule has 0 amide bonds. The normalized spacial score (nSPS) is 19.8. The van der Waals surface area contributed by atoms with Crippen molar-refractivity contribution in [1.82, 2.24) is 10.0 Å². The van der Waals surface area contributed by atoms with Gasteiger partial charge in [0.15, 0.2) is 5.82 Å². The Morgan fingerprint density at radius 3 is 2.79 bits per heavy atom. The molecule has 1 aromatic rings. The van der Waals surface area contributed by atoms with Crippen LogP contribution in [-0.4, -0.2) is 28.1 Å². The molecule has 1 aliphatic heterocycles. The van der Waals surface area contributed by atoms with Crippen molar-refractivity contribution >= 4 is 33.2 Å². The van der Waals surface area contributed by atoms with Crippen molar-refractivity contribution in [2.45, 2.75) is 11.3 Å². The first-order valence-corrected chi connectivity index (χ1v) is 7.99. The molecule has 106 valence electrons. The number of hydrogen-bond donors (Lipinski definition) is 2. The molecule has 1 aromatic carbocycles. The van der Waals surface area contributed by atoms with Crippen LogP contribution in [0.25, 0.3) is 0 Å². The predicted molar refractivity (Wildman–Crippen MR) is 72.6 cm³/mol. The minimum atomic E-state index is -3.83. The van der Waals surface area contributed by atoms with Crippen molar-refractivity contribution in [1.29, 1.82) is 0 Å². The summed E-state index contributed by atoms with van der Waals surface area (Å²) in [5, 5.41) is 2.45. The second-order valence-corrected chi connectivity index (χ2v) is 6.90. The summed E-state index contributed by atoms with van der Waals surface area (Å²) in [5.74, 6) is -0.681. The molecule has 19 heavy (non-hydrogen) atoms.